The quantitative estimate of drug-likeness (QED) is 0.334. The number of fused-ring (bicyclic) bond motifs is 1. The van der Waals surface area contributed by atoms with Crippen molar-refractivity contribution < 1.29 is 9.47 Å². The molecule has 1 heterocycles. The lowest BCUT2D eigenvalue weighted by atomic mass is 10.2. The number of halogens is 1. The summed E-state index contributed by atoms with van der Waals surface area (Å²) in [5.41, 5.74) is 3.27. The second kappa shape index (κ2) is 9.01. The molecule has 0 atom stereocenters. The Morgan fingerprint density at radius 2 is 1.72 bits per heavy atom. The van der Waals surface area contributed by atoms with Crippen LogP contribution in [0, 0.1) is 6.92 Å². The molecule has 0 aliphatic carbocycles. The molecule has 3 aromatic carbocycles. The average molecular weight is 407 g/mol. The summed E-state index contributed by atoms with van der Waals surface area (Å²) in [5, 5.41) is 0.709. The molecule has 0 spiro atoms. The SMILES string of the molecule is Cc1cccc(OCc2nc3ccccc3n2CCCOc2ccc(Cl)cc2)c1. The molecule has 4 nitrogen and oxygen atoms in total. The van der Waals surface area contributed by atoms with Crippen LogP contribution in [-0.2, 0) is 13.2 Å². The Kier molecular flexibility index (Phi) is 6.01. The fourth-order valence-electron chi connectivity index (χ4n) is 3.28. The Hall–Kier alpha value is -2.98. The number of ether oxygens (including phenoxy) is 2. The molecule has 1 aromatic heterocycles. The number of nitrogens with zero attached hydrogens (tertiary/aromatic N) is 2. The van der Waals surface area contributed by atoms with Gasteiger partial charge in [-0.1, -0.05) is 35.9 Å². The average Bonchev–Trinajstić information content (AvgIpc) is 3.09. The van der Waals surface area contributed by atoms with E-state index in [0.29, 0.717) is 18.2 Å². The van der Waals surface area contributed by atoms with Gasteiger partial charge in [-0.3, -0.25) is 0 Å². The van der Waals surface area contributed by atoms with Crippen LogP contribution in [0.3, 0.4) is 0 Å². The van der Waals surface area contributed by atoms with Gasteiger partial charge in [0.25, 0.3) is 0 Å². The van der Waals surface area contributed by atoms with Crippen LogP contribution in [0.25, 0.3) is 11.0 Å². The van der Waals surface area contributed by atoms with Crippen LogP contribution in [0.1, 0.15) is 17.8 Å². The molecule has 0 aliphatic heterocycles. The first-order chi connectivity index (χ1) is 14.2. The number of hydrogen-bond acceptors (Lipinski definition) is 3. The van der Waals surface area contributed by atoms with E-state index in [1.807, 2.05) is 60.7 Å². The molecular weight excluding hydrogens is 384 g/mol. The van der Waals surface area contributed by atoms with Gasteiger partial charge in [-0.25, -0.2) is 4.98 Å². The minimum atomic E-state index is 0.427. The third-order valence-electron chi connectivity index (χ3n) is 4.70. The standard InChI is InChI=1S/C24H23ClN2O2/c1-18-6-4-7-21(16-18)29-17-24-26-22-8-2-3-9-23(22)27(24)14-5-15-28-20-12-10-19(25)11-13-20/h2-4,6-13,16H,5,14-15,17H2,1H3. The highest BCUT2D eigenvalue weighted by atomic mass is 35.5. The van der Waals surface area contributed by atoms with Crippen molar-refractivity contribution in [3.63, 3.8) is 0 Å². The van der Waals surface area contributed by atoms with Crippen molar-refractivity contribution in [3.8, 4) is 11.5 Å². The van der Waals surface area contributed by atoms with Crippen LogP contribution >= 0.6 is 11.6 Å². The molecule has 0 N–H and O–H groups in total. The van der Waals surface area contributed by atoms with E-state index in [1.54, 1.807) is 0 Å². The zero-order valence-corrected chi connectivity index (χ0v) is 17.1. The fourth-order valence-corrected chi connectivity index (χ4v) is 3.41. The largest absolute Gasteiger partial charge is 0.494 e. The smallest absolute Gasteiger partial charge is 0.147 e. The summed E-state index contributed by atoms with van der Waals surface area (Å²) in [6.45, 7) is 3.91. The first-order valence-electron chi connectivity index (χ1n) is 9.71. The molecule has 29 heavy (non-hydrogen) atoms. The first-order valence-corrected chi connectivity index (χ1v) is 10.1. The molecule has 0 amide bonds. The number of imidazole rings is 1. The topological polar surface area (TPSA) is 36.3 Å². The maximum absolute atomic E-state index is 6.00. The highest BCUT2D eigenvalue weighted by Crippen LogP contribution is 2.20. The minimum absolute atomic E-state index is 0.427. The second-order valence-corrected chi connectivity index (χ2v) is 7.37. The van der Waals surface area contributed by atoms with Gasteiger partial charge in [0.2, 0.25) is 0 Å². The highest BCUT2D eigenvalue weighted by Gasteiger charge is 2.11. The predicted octanol–water partition coefficient (Wildman–Crippen LogP) is 6.05. The Balaban J connectivity index is 1.44. The zero-order valence-electron chi connectivity index (χ0n) is 16.3. The number of hydrogen-bond donors (Lipinski definition) is 0. The number of aryl methyl sites for hydroxylation is 2. The van der Waals surface area contributed by atoms with Gasteiger partial charge in [0, 0.05) is 11.6 Å². The Bertz CT molecular complexity index is 1090. The summed E-state index contributed by atoms with van der Waals surface area (Å²) in [5.74, 6) is 2.60. The van der Waals surface area contributed by atoms with Gasteiger partial charge in [-0.05, 0) is 67.4 Å². The van der Waals surface area contributed by atoms with Gasteiger partial charge in [0.1, 0.15) is 23.9 Å². The van der Waals surface area contributed by atoms with E-state index in [0.717, 1.165) is 41.3 Å². The lowest BCUT2D eigenvalue weighted by molar-refractivity contribution is 0.280. The normalized spacial score (nSPS) is 11.0. The molecule has 0 saturated heterocycles. The number of aromatic nitrogens is 2. The van der Waals surface area contributed by atoms with E-state index in [1.165, 1.54) is 5.56 Å². The Morgan fingerprint density at radius 3 is 2.55 bits per heavy atom. The monoisotopic (exact) mass is 406 g/mol. The molecular formula is C24H23ClN2O2. The van der Waals surface area contributed by atoms with Crippen molar-refractivity contribution in [2.24, 2.45) is 0 Å². The van der Waals surface area contributed by atoms with Crippen molar-refractivity contribution in [3.05, 3.63) is 89.2 Å². The maximum atomic E-state index is 6.00. The lowest BCUT2D eigenvalue weighted by Gasteiger charge is -2.12. The number of para-hydroxylation sites is 2. The molecule has 0 bridgehead atoms. The second-order valence-electron chi connectivity index (χ2n) is 6.93. The highest BCUT2D eigenvalue weighted by molar-refractivity contribution is 6.30. The third-order valence-corrected chi connectivity index (χ3v) is 4.95. The summed E-state index contributed by atoms with van der Waals surface area (Å²) in [7, 11) is 0. The minimum Gasteiger partial charge on any atom is -0.494 e. The van der Waals surface area contributed by atoms with Gasteiger partial charge in [-0.2, -0.15) is 0 Å². The van der Waals surface area contributed by atoms with Crippen molar-refractivity contribution in [2.75, 3.05) is 6.61 Å². The summed E-state index contributed by atoms with van der Waals surface area (Å²) < 4.78 is 14.1. The first kappa shape index (κ1) is 19.3. The van der Waals surface area contributed by atoms with E-state index in [-0.39, 0.29) is 0 Å². The number of benzene rings is 3. The third kappa shape index (κ3) is 4.90. The summed E-state index contributed by atoms with van der Waals surface area (Å²) >= 11 is 5.92. The molecule has 0 aliphatic rings. The zero-order chi connectivity index (χ0) is 20.1. The Morgan fingerprint density at radius 1 is 0.897 bits per heavy atom. The van der Waals surface area contributed by atoms with E-state index < -0.39 is 0 Å². The van der Waals surface area contributed by atoms with Gasteiger partial charge in [0.15, 0.2) is 0 Å². The van der Waals surface area contributed by atoms with E-state index >= 15 is 0 Å². The van der Waals surface area contributed by atoms with Crippen LogP contribution in [0.2, 0.25) is 5.02 Å². The van der Waals surface area contributed by atoms with Crippen LogP contribution < -0.4 is 9.47 Å². The van der Waals surface area contributed by atoms with Gasteiger partial charge in [0.05, 0.1) is 17.6 Å². The predicted molar refractivity (Wildman–Crippen MR) is 117 cm³/mol. The van der Waals surface area contributed by atoms with Crippen molar-refractivity contribution in [1.29, 1.82) is 0 Å². The summed E-state index contributed by atoms with van der Waals surface area (Å²) in [4.78, 5) is 4.78. The Labute approximate surface area is 175 Å². The van der Waals surface area contributed by atoms with Gasteiger partial charge < -0.3 is 14.0 Å². The molecule has 0 unspecified atom stereocenters. The molecule has 0 fully saturated rings. The molecule has 5 heteroatoms. The van der Waals surface area contributed by atoms with Crippen LogP contribution in [0.4, 0.5) is 0 Å². The summed E-state index contributed by atoms with van der Waals surface area (Å²) in [6, 6.07) is 23.7. The maximum Gasteiger partial charge on any atom is 0.147 e. The van der Waals surface area contributed by atoms with E-state index in [4.69, 9.17) is 26.1 Å². The van der Waals surface area contributed by atoms with Crippen LogP contribution in [0.5, 0.6) is 11.5 Å². The molecule has 0 saturated carbocycles. The van der Waals surface area contributed by atoms with Crippen LogP contribution in [-0.4, -0.2) is 16.2 Å². The number of rotatable bonds is 8. The lowest BCUT2D eigenvalue weighted by Crippen LogP contribution is -2.10. The van der Waals surface area contributed by atoms with E-state index in [2.05, 4.69) is 23.6 Å². The molecule has 148 valence electrons. The summed E-state index contributed by atoms with van der Waals surface area (Å²) in [6.07, 6.45) is 0.862. The van der Waals surface area contributed by atoms with Crippen molar-refractivity contribution >= 4 is 22.6 Å². The van der Waals surface area contributed by atoms with Gasteiger partial charge >= 0.3 is 0 Å². The van der Waals surface area contributed by atoms with Crippen molar-refractivity contribution in [2.45, 2.75) is 26.5 Å². The van der Waals surface area contributed by atoms with Crippen molar-refractivity contribution in [1.82, 2.24) is 9.55 Å². The molecule has 4 aromatic rings. The van der Waals surface area contributed by atoms with E-state index in [9.17, 15) is 0 Å². The van der Waals surface area contributed by atoms with Gasteiger partial charge in [-0.15, -0.1) is 0 Å². The molecule has 4 rings (SSSR count). The fraction of sp³-hybridized carbons (Fsp3) is 0.208. The van der Waals surface area contributed by atoms with Crippen LogP contribution in [0.15, 0.2) is 72.8 Å². The molecule has 0 radical (unpaired) electrons.